The van der Waals surface area contributed by atoms with Crippen LogP contribution in [0.1, 0.15) is 41.4 Å². The number of nitrogens with one attached hydrogen (secondary N) is 2. The average molecular weight is 686 g/mol. The number of alkyl halides is 2. The van der Waals surface area contributed by atoms with Gasteiger partial charge >= 0.3 is 13.3 Å². The molecule has 6 rings (SSSR count). The molecule has 4 N–H and O–H groups in total. The molecule has 0 radical (unpaired) electrons. The van der Waals surface area contributed by atoms with E-state index in [1.807, 2.05) is 18.2 Å². The number of fused-ring (bicyclic) bond motifs is 3. The summed E-state index contributed by atoms with van der Waals surface area (Å²) in [6.45, 7) is 1.53. The molecule has 246 valence electrons. The summed E-state index contributed by atoms with van der Waals surface area (Å²) >= 11 is 0.941. The van der Waals surface area contributed by atoms with Gasteiger partial charge in [0.15, 0.2) is 0 Å². The number of aromatic nitrogens is 1. The molecule has 47 heavy (non-hydrogen) atoms. The van der Waals surface area contributed by atoms with Crippen LogP contribution in [0, 0.1) is 0 Å². The quantitative estimate of drug-likeness (QED) is 0.221. The van der Waals surface area contributed by atoms with E-state index in [0.717, 1.165) is 34.2 Å². The van der Waals surface area contributed by atoms with Gasteiger partial charge in [-0.15, -0.1) is 11.3 Å². The second-order valence-electron chi connectivity index (χ2n) is 11.6. The van der Waals surface area contributed by atoms with Crippen LogP contribution in [0.4, 0.5) is 14.5 Å². The van der Waals surface area contributed by atoms with Crippen LogP contribution in [0.5, 0.6) is 0 Å². The van der Waals surface area contributed by atoms with E-state index in [-0.39, 0.29) is 34.7 Å². The van der Waals surface area contributed by atoms with E-state index >= 15 is 0 Å². The summed E-state index contributed by atoms with van der Waals surface area (Å²) in [4.78, 5) is 78.9. The lowest BCUT2D eigenvalue weighted by molar-refractivity contribution is -0.143. The number of rotatable bonds is 6. The van der Waals surface area contributed by atoms with Crippen molar-refractivity contribution in [1.29, 1.82) is 0 Å². The highest BCUT2D eigenvalue weighted by atomic mass is 32.1. The van der Waals surface area contributed by atoms with E-state index in [0.29, 0.717) is 36.2 Å². The Kier molecular flexibility index (Phi) is 8.60. The largest absolute Gasteiger partial charge is 0.399 e. The summed E-state index contributed by atoms with van der Waals surface area (Å²) in [5, 5.41) is 7.53. The second kappa shape index (κ2) is 12.4. The Bertz CT molecular complexity index is 1970. The molecule has 3 atom stereocenters. The first-order chi connectivity index (χ1) is 22.2. The fourth-order valence-electron chi connectivity index (χ4n) is 6.15. The summed E-state index contributed by atoms with van der Waals surface area (Å²) in [5.41, 5.74) is -4.77. The van der Waals surface area contributed by atoms with E-state index in [1.54, 1.807) is 18.5 Å². The first-order valence-electron chi connectivity index (χ1n) is 14.7. The Labute approximate surface area is 270 Å². The standard InChI is InChI=1S/C31H30F2N5O7PS/c1-17(39)37-11-9-23-5-6-25(28(40)35-22-4-2-19-15-34-10-8-18(19)13-22)38(23)30(42)24(16-37)36-29(41)27-14-20-12-21(3-7-26(20)47-27)31(32,33)46(43,44)45/h2-4,7-8,10,12-15,23-25H,5-6,9,11,16H2,1H3,(H,35,40)(H,36,41)(H2,43,44,45)/t23-,24+,25+/m1/s1. The van der Waals surface area contributed by atoms with Crippen molar-refractivity contribution >= 4 is 69.1 Å². The molecule has 2 fully saturated rings. The van der Waals surface area contributed by atoms with Gasteiger partial charge in [0.2, 0.25) is 17.7 Å². The van der Waals surface area contributed by atoms with Crippen LogP contribution in [0.15, 0.2) is 60.9 Å². The smallest absolute Gasteiger partial charge is 0.340 e. The summed E-state index contributed by atoms with van der Waals surface area (Å²) in [7, 11) is -5.80. The average Bonchev–Trinajstić information content (AvgIpc) is 3.64. The zero-order chi connectivity index (χ0) is 33.7. The van der Waals surface area contributed by atoms with Crippen LogP contribution in [0.3, 0.4) is 0 Å². The Morgan fingerprint density at radius 1 is 1.02 bits per heavy atom. The highest BCUT2D eigenvalue weighted by Gasteiger charge is 2.50. The summed E-state index contributed by atoms with van der Waals surface area (Å²) in [5.74, 6) is -1.90. The van der Waals surface area contributed by atoms with Crippen LogP contribution in [-0.2, 0) is 24.6 Å². The van der Waals surface area contributed by atoms with Crippen molar-refractivity contribution in [2.75, 3.05) is 18.4 Å². The molecule has 0 spiro atoms. The number of thiophene rings is 1. The van der Waals surface area contributed by atoms with Gasteiger partial charge in [0.05, 0.1) is 4.88 Å². The summed E-state index contributed by atoms with van der Waals surface area (Å²) in [6.07, 6.45) is 4.72. The highest BCUT2D eigenvalue weighted by Crippen LogP contribution is 2.59. The molecule has 12 nitrogen and oxygen atoms in total. The van der Waals surface area contributed by atoms with Gasteiger partial charge < -0.3 is 30.2 Å². The van der Waals surface area contributed by atoms with Crippen molar-refractivity contribution in [1.82, 2.24) is 20.1 Å². The maximum Gasteiger partial charge on any atom is 0.399 e. The molecule has 0 aliphatic carbocycles. The highest BCUT2D eigenvalue weighted by molar-refractivity contribution is 7.52. The lowest BCUT2D eigenvalue weighted by Crippen LogP contribution is -2.60. The van der Waals surface area contributed by atoms with Gasteiger partial charge in [-0.1, -0.05) is 12.1 Å². The van der Waals surface area contributed by atoms with Gasteiger partial charge in [-0.3, -0.25) is 28.7 Å². The molecule has 16 heteroatoms. The van der Waals surface area contributed by atoms with Crippen molar-refractivity contribution in [3.8, 4) is 0 Å². The van der Waals surface area contributed by atoms with Crippen molar-refractivity contribution < 1.29 is 42.3 Å². The van der Waals surface area contributed by atoms with Crippen molar-refractivity contribution in [3.05, 3.63) is 71.4 Å². The predicted octanol–water partition coefficient (Wildman–Crippen LogP) is 4.03. The third-order valence-electron chi connectivity index (χ3n) is 8.60. The Balaban J connectivity index is 1.24. The number of hydrogen-bond acceptors (Lipinski definition) is 7. The summed E-state index contributed by atoms with van der Waals surface area (Å²) < 4.78 is 40.4. The Morgan fingerprint density at radius 3 is 2.55 bits per heavy atom. The zero-order valence-corrected chi connectivity index (χ0v) is 26.6. The molecule has 2 saturated heterocycles. The van der Waals surface area contributed by atoms with E-state index in [2.05, 4.69) is 15.6 Å². The van der Waals surface area contributed by atoms with Crippen LogP contribution in [0.25, 0.3) is 20.9 Å². The molecule has 4 amide bonds. The molecule has 2 aromatic carbocycles. The first-order valence-corrected chi connectivity index (χ1v) is 17.2. The topological polar surface area (TPSA) is 169 Å². The zero-order valence-electron chi connectivity index (χ0n) is 24.9. The fraction of sp³-hybridized carbons (Fsp3) is 0.323. The number of anilines is 1. The molecule has 0 bridgehead atoms. The number of halogens is 2. The number of pyridine rings is 1. The van der Waals surface area contributed by atoms with Gasteiger partial charge in [-0.25, -0.2) is 0 Å². The maximum atomic E-state index is 14.3. The van der Waals surface area contributed by atoms with E-state index < -0.39 is 42.7 Å². The normalized spacial score (nSPS) is 20.5. The molecule has 2 aromatic heterocycles. The maximum absolute atomic E-state index is 14.3. The SMILES string of the molecule is CC(=O)N1CC[C@H]2CC[C@@H](C(=O)Nc3ccc4cnccc4c3)N2C(=O)[C@@H](NC(=O)c2cc3cc(C(F)(F)P(=O)(O)O)ccc3s2)C1. The van der Waals surface area contributed by atoms with Gasteiger partial charge in [0.1, 0.15) is 12.1 Å². The lowest BCUT2D eigenvalue weighted by atomic mass is 10.1. The minimum absolute atomic E-state index is 0.0552. The number of amides is 4. The molecule has 2 aliphatic heterocycles. The number of carbonyl (C=O) groups excluding carboxylic acids is 4. The van der Waals surface area contributed by atoms with Gasteiger partial charge in [0, 0.05) is 59.8 Å². The minimum atomic E-state index is -5.80. The van der Waals surface area contributed by atoms with Crippen molar-refractivity contribution in [3.63, 3.8) is 0 Å². The molecule has 4 aromatic rings. The second-order valence-corrected chi connectivity index (χ2v) is 14.4. The molecule has 0 unspecified atom stereocenters. The van der Waals surface area contributed by atoms with E-state index in [9.17, 15) is 32.5 Å². The van der Waals surface area contributed by atoms with E-state index in [4.69, 9.17) is 9.79 Å². The molecule has 2 aliphatic rings. The van der Waals surface area contributed by atoms with Crippen LogP contribution < -0.4 is 10.6 Å². The number of nitrogens with zero attached hydrogens (tertiary/aromatic N) is 3. The predicted molar refractivity (Wildman–Crippen MR) is 170 cm³/mol. The Morgan fingerprint density at radius 2 is 1.81 bits per heavy atom. The number of hydrogen-bond donors (Lipinski definition) is 4. The first kappa shape index (κ1) is 32.6. The van der Waals surface area contributed by atoms with Crippen LogP contribution >= 0.6 is 18.9 Å². The number of benzene rings is 2. The van der Waals surface area contributed by atoms with E-state index in [1.165, 1.54) is 28.9 Å². The third-order valence-corrected chi connectivity index (χ3v) is 10.7. The lowest BCUT2D eigenvalue weighted by Gasteiger charge is -2.38. The van der Waals surface area contributed by atoms with Crippen molar-refractivity contribution in [2.45, 2.75) is 50.0 Å². The molecule has 0 saturated carbocycles. The van der Waals surface area contributed by atoms with Gasteiger partial charge in [-0.05, 0) is 66.4 Å². The Hall–Kier alpha value is -4.30. The molecular weight excluding hydrogens is 655 g/mol. The van der Waals surface area contributed by atoms with Gasteiger partial charge in [-0.2, -0.15) is 8.78 Å². The van der Waals surface area contributed by atoms with Crippen molar-refractivity contribution in [2.24, 2.45) is 0 Å². The van der Waals surface area contributed by atoms with Crippen LogP contribution in [-0.4, -0.2) is 79.4 Å². The summed E-state index contributed by atoms with van der Waals surface area (Å²) in [6, 6.07) is 9.15. The minimum Gasteiger partial charge on any atom is -0.340 e. The van der Waals surface area contributed by atoms with Crippen LogP contribution in [0.2, 0.25) is 0 Å². The number of carbonyl (C=O) groups is 4. The molecule has 4 heterocycles. The van der Waals surface area contributed by atoms with Gasteiger partial charge in [0.25, 0.3) is 5.91 Å². The fourth-order valence-corrected chi connectivity index (χ4v) is 7.57. The molecular formula is C31H30F2N5O7PS. The monoisotopic (exact) mass is 685 g/mol. The third kappa shape index (κ3) is 6.35.